The lowest BCUT2D eigenvalue weighted by molar-refractivity contribution is -0.140. The third kappa shape index (κ3) is 3.29. The zero-order valence-corrected chi connectivity index (χ0v) is 15.1. The predicted molar refractivity (Wildman–Crippen MR) is 96.4 cm³/mol. The molecule has 1 aliphatic heterocycles. The van der Waals surface area contributed by atoms with Crippen molar-refractivity contribution < 1.29 is 14.3 Å². The SMILES string of the molecule is Cc1ccc(C)c([C@@H](C)NC(=O)[C@@]2(C)Cc3ccccc3C(=O)O2)c1. The average Bonchev–Trinajstić information content (AvgIpc) is 2.56. The molecule has 2 aromatic rings. The summed E-state index contributed by atoms with van der Waals surface area (Å²) in [5, 5.41) is 3.01. The van der Waals surface area contributed by atoms with E-state index < -0.39 is 11.6 Å². The van der Waals surface area contributed by atoms with Crippen LogP contribution in [-0.2, 0) is 16.0 Å². The molecule has 0 radical (unpaired) electrons. The maximum atomic E-state index is 12.9. The number of carbonyl (C=O) groups excluding carboxylic acids is 2. The Bertz CT molecular complexity index is 843. The van der Waals surface area contributed by atoms with Crippen LogP contribution in [0.1, 0.15) is 52.5 Å². The highest BCUT2D eigenvalue weighted by Gasteiger charge is 2.43. The zero-order valence-electron chi connectivity index (χ0n) is 15.1. The molecule has 3 rings (SSSR count). The number of rotatable bonds is 3. The van der Waals surface area contributed by atoms with Crippen LogP contribution < -0.4 is 5.32 Å². The van der Waals surface area contributed by atoms with Crippen molar-refractivity contribution in [2.24, 2.45) is 0 Å². The summed E-state index contributed by atoms with van der Waals surface area (Å²) in [5.74, 6) is -0.720. The first-order chi connectivity index (χ1) is 11.8. The van der Waals surface area contributed by atoms with Gasteiger partial charge in [0, 0.05) is 6.42 Å². The summed E-state index contributed by atoms with van der Waals surface area (Å²) >= 11 is 0. The third-order valence-electron chi connectivity index (χ3n) is 4.81. The largest absolute Gasteiger partial charge is 0.445 e. The molecule has 0 unspecified atom stereocenters. The molecule has 4 nitrogen and oxygen atoms in total. The van der Waals surface area contributed by atoms with Gasteiger partial charge in [0.1, 0.15) is 0 Å². The Labute approximate surface area is 148 Å². The first kappa shape index (κ1) is 17.2. The highest BCUT2D eigenvalue weighted by molar-refractivity contribution is 5.97. The second-order valence-electron chi connectivity index (χ2n) is 7.01. The van der Waals surface area contributed by atoms with E-state index in [1.807, 2.05) is 39.0 Å². The van der Waals surface area contributed by atoms with E-state index >= 15 is 0 Å². The molecule has 2 aromatic carbocycles. The molecule has 4 heteroatoms. The van der Waals surface area contributed by atoms with Gasteiger partial charge >= 0.3 is 5.97 Å². The quantitative estimate of drug-likeness (QED) is 0.870. The van der Waals surface area contributed by atoms with Crippen molar-refractivity contribution in [2.45, 2.75) is 45.8 Å². The van der Waals surface area contributed by atoms with E-state index in [9.17, 15) is 9.59 Å². The molecule has 1 heterocycles. The number of ether oxygens (including phenoxy) is 1. The monoisotopic (exact) mass is 337 g/mol. The normalized spacial score (nSPS) is 20.4. The fourth-order valence-corrected chi connectivity index (χ4v) is 3.31. The fourth-order valence-electron chi connectivity index (χ4n) is 3.31. The Morgan fingerprint density at radius 1 is 1.20 bits per heavy atom. The average molecular weight is 337 g/mol. The van der Waals surface area contributed by atoms with Crippen molar-refractivity contribution in [3.05, 3.63) is 70.3 Å². The molecular formula is C21H23NO3. The van der Waals surface area contributed by atoms with Crippen LogP contribution in [0.25, 0.3) is 0 Å². The summed E-state index contributed by atoms with van der Waals surface area (Å²) in [6, 6.07) is 13.3. The second kappa shape index (κ2) is 6.36. The first-order valence-corrected chi connectivity index (χ1v) is 8.49. The molecule has 0 saturated carbocycles. The molecule has 25 heavy (non-hydrogen) atoms. The topological polar surface area (TPSA) is 55.4 Å². The van der Waals surface area contributed by atoms with Crippen LogP contribution in [0.3, 0.4) is 0 Å². The lowest BCUT2D eigenvalue weighted by Gasteiger charge is -2.34. The van der Waals surface area contributed by atoms with E-state index in [0.717, 1.165) is 22.3 Å². The first-order valence-electron chi connectivity index (χ1n) is 8.49. The molecular weight excluding hydrogens is 314 g/mol. The van der Waals surface area contributed by atoms with Crippen LogP contribution in [0.2, 0.25) is 0 Å². The summed E-state index contributed by atoms with van der Waals surface area (Å²) in [7, 11) is 0. The molecule has 2 atom stereocenters. The highest BCUT2D eigenvalue weighted by Crippen LogP contribution is 2.29. The van der Waals surface area contributed by atoms with Crippen LogP contribution in [0.5, 0.6) is 0 Å². The van der Waals surface area contributed by atoms with Gasteiger partial charge in [-0.25, -0.2) is 4.79 Å². The summed E-state index contributed by atoms with van der Waals surface area (Å²) in [6.07, 6.45) is 0.375. The molecule has 1 aliphatic rings. The fraction of sp³-hybridized carbons (Fsp3) is 0.333. The van der Waals surface area contributed by atoms with Gasteiger partial charge in [0.2, 0.25) is 0 Å². The van der Waals surface area contributed by atoms with E-state index in [1.54, 1.807) is 19.1 Å². The van der Waals surface area contributed by atoms with E-state index in [1.165, 1.54) is 0 Å². The molecule has 0 aromatic heterocycles. The van der Waals surface area contributed by atoms with Gasteiger partial charge in [-0.1, -0.05) is 42.0 Å². The number of aryl methyl sites for hydroxylation is 2. The van der Waals surface area contributed by atoms with Gasteiger partial charge in [0.15, 0.2) is 5.60 Å². The van der Waals surface area contributed by atoms with Crippen LogP contribution in [0.4, 0.5) is 0 Å². The number of esters is 1. The Balaban J connectivity index is 1.81. The highest BCUT2D eigenvalue weighted by atomic mass is 16.6. The molecule has 0 aliphatic carbocycles. The van der Waals surface area contributed by atoms with E-state index in [4.69, 9.17) is 4.74 Å². The van der Waals surface area contributed by atoms with Crippen molar-refractivity contribution in [3.8, 4) is 0 Å². The lowest BCUT2D eigenvalue weighted by atomic mass is 9.89. The number of fused-ring (bicyclic) bond motifs is 1. The maximum absolute atomic E-state index is 12.9. The van der Waals surface area contributed by atoms with Gasteiger partial charge in [-0.2, -0.15) is 0 Å². The van der Waals surface area contributed by atoms with Crippen molar-refractivity contribution in [2.75, 3.05) is 0 Å². The number of hydrogen-bond acceptors (Lipinski definition) is 3. The summed E-state index contributed by atoms with van der Waals surface area (Å²) in [5.41, 5.74) is 3.52. The van der Waals surface area contributed by atoms with Gasteiger partial charge < -0.3 is 10.1 Å². The van der Waals surface area contributed by atoms with Crippen LogP contribution >= 0.6 is 0 Å². The predicted octanol–water partition coefficient (Wildman–Crippen LogP) is 3.65. The van der Waals surface area contributed by atoms with E-state index in [2.05, 4.69) is 17.4 Å². The maximum Gasteiger partial charge on any atom is 0.339 e. The Morgan fingerprint density at radius 2 is 1.92 bits per heavy atom. The molecule has 0 spiro atoms. The number of cyclic esters (lactones) is 1. The molecule has 1 N–H and O–H groups in total. The van der Waals surface area contributed by atoms with E-state index in [0.29, 0.717) is 12.0 Å². The second-order valence-corrected chi connectivity index (χ2v) is 7.01. The Hall–Kier alpha value is -2.62. The number of nitrogens with one attached hydrogen (secondary N) is 1. The number of carbonyl (C=O) groups is 2. The Kier molecular flexibility index (Phi) is 4.38. The number of hydrogen-bond donors (Lipinski definition) is 1. The zero-order chi connectivity index (χ0) is 18.2. The van der Waals surface area contributed by atoms with Gasteiger partial charge in [-0.3, -0.25) is 4.79 Å². The van der Waals surface area contributed by atoms with Crippen LogP contribution in [0, 0.1) is 13.8 Å². The van der Waals surface area contributed by atoms with Gasteiger partial charge in [0.05, 0.1) is 11.6 Å². The minimum Gasteiger partial charge on any atom is -0.445 e. The Morgan fingerprint density at radius 3 is 2.68 bits per heavy atom. The molecule has 0 bridgehead atoms. The van der Waals surface area contributed by atoms with E-state index in [-0.39, 0.29) is 11.9 Å². The standard InChI is InChI=1S/C21H23NO3/c1-13-9-10-14(2)18(11-13)15(3)22-20(24)21(4)12-16-7-5-6-8-17(16)19(23)25-21/h5-11,15H,12H2,1-4H3,(H,22,24)/t15-,21-/m1/s1. The van der Waals surface area contributed by atoms with Crippen molar-refractivity contribution in [1.82, 2.24) is 5.32 Å². The van der Waals surface area contributed by atoms with Crippen LogP contribution in [-0.4, -0.2) is 17.5 Å². The van der Waals surface area contributed by atoms with Gasteiger partial charge in [-0.15, -0.1) is 0 Å². The van der Waals surface area contributed by atoms with Crippen molar-refractivity contribution >= 4 is 11.9 Å². The lowest BCUT2D eigenvalue weighted by Crippen LogP contribution is -2.52. The molecule has 0 saturated heterocycles. The molecule has 1 amide bonds. The summed E-state index contributed by atoms with van der Waals surface area (Å²) in [6.45, 7) is 7.67. The smallest absolute Gasteiger partial charge is 0.339 e. The van der Waals surface area contributed by atoms with Gasteiger partial charge in [0.25, 0.3) is 5.91 Å². The summed E-state index contributed by atoms with van der Waals surface area (Å²) in [4.78, 5) is 25.1. The summed E-state index contributed by atoms with van der Waals surface area (Å²) < 4.78 is 5.50. The third-order valence-corrected chi connectivity index (χ3v) is 4.81. The van der Waals surface area contributed by atoms with Crippen LogP contribution in [0.15, 0.2) is 42.5 Å². The minimum atomic E-state index is -1.20. The van der Waals surface area contributed by atoms with Crippen molar-refractivity contribution in [3.63, 3.8) is 0 Å². The molecule has 130 valence electrons. The minimum absolute atomic E-state index is 0.167. The number of benzene rings is 2. The van der Waals surface area contributed by atoms with Crippen molar-refractivity contribution in [1.29, 1.82) is 0 Å². The van der Waals surface area contributed by atoms with Gasteiger partial charge in [-0.05, 0) is 50.5 Å². The number of amides is 1. The molecule has 0 fully saturated rings.